The zero-order valence-corrected chi connectivity index (χ0v) is 12.3. The van der Waals surface area contributed by atoms with Gasteiger partial charge in [0.2, 0.25) is 0 Å². The van der Waals surface area contributed by atoms with Gasteiger partial charge in [-0.05, 0) is 39.1 Å². The first-order chi connectivity index (χ1) is 8.27. The Kier molecular flexibility index (Phi) is 3.63. The summed E-state index contributed by atoms with van der Waals surface area (Å²) in [5.41, 5.74) is -0.394. The summed E-state index contributed by atoms with van der Waals surface area (Å²) in [6.45, 7) is 10.4. The van der Waals surface area contributed by atoms with E-state index in [2.05, 4.69) is 32.6 Å². The van der Waals surface area contributed by atoms with E-state index >= 15 is 0 Å². The van der Waals surface area contributed by atoms with E-state index < -0.39 is 0 Å². The minimum atomic E-state index is -0.197. The Morgan fingerprint density at radius 3 is 2.44 bits per heavy atom. The van der Waals surface area contributed by atoms with Gasteiger partial charge in [-0.1, -0.05) is 6.07 Å². The Labute approximate surface area is 113 Å². The number of morpholine rings is 1. The van der Waals surface area contributed by atoms with Gasteiger partial charge >= 0.3 is 0 Å². The molecule has 100 valence electrons. The van der Waals surface area contributed by atoms with Crippen molar-refractivity contribution in [2.45, 2.75) is 38.9 Å². The molecule has 1 saturated heterocycles. The van der Waals surface area contributed by atoms with Crippen LogP contribution in [0.25, 0.3) is 0 Å². The number of ketones is 1. The minimum Gasteiger partial charge on any atom is -0.367 e. The van der Waals surface area contributed by atoms with Crippen LogP contribution in [0.4, 0.5) is 0 Å². The summed E-state index contributed by atoms with van der Waals surface area (Å²) in [6.07, 6.45) is 0. The maximum Gasteiger partial charge on any atom is 0.186 e. The van der Waals surface area contributed by atoms with E-state index in [4.69, 9.17) is 4.74 Å². The normalized spacial score (nSPS) is 22.9. The van der Waals surface area contributed by atoms with E-state index in [1.807, 2.05) is 17.5 Å². The zero-order valence-electron chi connectivity index (χ0n) is 11.5. The van der Waals surface area contributed by atoms with Crippen molar-refractivity contribution in [1.29, 1.82) is 0 Å². The molecule has 1 aliphatic rings. The highest BCUT2D eigenvalue weighted by atomic mass is 32.1. The third-order valence-corrected chi connectivity index (χ3v) is 3.84. The van der Waals surface area contributed by atoms with Gasteiger partial charge < -0.3 is 4.74 Å². The zero-order chi connectivity index (χ0) is 13.4. The van der Waals surface area contributed by atoms with Crippen molar-refractivity contribution in [1.82, 2.24) is 4.90 Å². The van der Waals surface area contributed by atoms with Gasteiger partial charge in [-0.3, -0.25) is 9.69 Å². The molecule has 0 N–H and O–H groups in total. The van der Waals surface area contributed by atoms with Gasteiger partial charge in [0.15, 0.2) is 5.78 Å². The molecule has 2 heterocycles. The summed E-state index contributed by atoms with van der Waals surface area (Å²) in [5, 5.41) is 1.94. The minimum absolute atomic E-state index is 0.197. The summed E-state index contributed by atoms with van der Waals surface area (Å²) in [6, 6.07) is 3.81. The van der Waals surface area contributed by atoms with Crippen molar-refractivity contribution < 1.29 is 9.53 Å². The van der Waals surface area contributed by atoms with Crippen molar-refractivity contribution >= 4 is 17.1 Å². The molecule has 0 aromatic carbocycles. The topological polar surface area (TPSA) is 29.5 Å². The molecule has 1 aliphatic heterocycles. The average Bonchev–Trinajstić information content (AvgIpc) is 2.63. The molecule has 0 radical (unpaired) electrons. The molecule has 18 heavy (non-hydrogen) atoms. The second kappa shape index (κ2) is 4.76. The first kappa shape index (κ1) is 13.7. The predicted octanol–water partition coefficient (Wildman–Crippen LogP) is 2.82. The molecule has 4 heteroatoms. The molecule has 0 unspecified atom stereocenters. The number of carbonyl (C=O) groups is 1. The molecule has 1 aromatic heterocycles. The summed E-state index contributed by atoms with van der Waals surface area (Å²) < 4.78 is 6.01. The number of thiophene rings is 1. The quantitative estimate of drug-likeness (QED) is 0.789. The van der Waals surface area contributed by atoms with Gasteiger partial charge in [-0.2, -0.15) is 0 Å². The van der Waals surface area contributed by atoms with Crippen LogP contribution in [-0.2, 0) is 4.74 Å². The fourth-order valence-corrected chi connectivity index (χ4v) is 3.43. The van der Waals surface area contributed by atoms with E-state index in [1.165, 1.54) is 11.3 Å². The van der Waals surface area contributed by atoms with E-state index in [1.54, 1.807) is 0 Å². The maximum absolute atomic E-state index is 12.1. The third kappa shape index (κ3) is 3.40. The third-order valence-electron chi connectivity index (χ3n) is 2.92. The second-order valence-corrected chi connectivity index (χ2v) is 7.11. The molecule has 3 nitrogen and oxygen atoms in total. The molecule has 0 spiro atoms. The first-order valence-corrected chi connectivity index (χ1v) is 7.15. The molecule has 0 aliphatic carbocycles. The number of rotatable bonds is 3. The van der Waals surface area contributed by atoms with E-state index in [0.29, 0.717) is 6.54 Å². The molecule has 1 fully saturated rings. The molecular formula is C14H21NO2S. The molecule has 0 saturated carbocycles. The molecular weight excluding hydrogens is 246 g/mol. The second-order valence-electron chi connectivity index (χ2n) is 6.17. The summed E-state index contributed by atoms with van der Waals surface area (Å²) in [7, 11) is 0. The monoisotopic (exact) mass is 267 g/mol. The lowest BCUT2D eigenvalue weighted by atomic mass is 9.98. The van der Waals surface area contributed by atoms with Gasteiger partial charge in [-0.15, -0.1) is 11.3 Å². The molecule has 1 aromatic rings. The smallest absolute Gasteiger partial charge is 0.186 e. The SMILES string of the molecule is CC1(C)CN(CC(=O)c2cccs2)CC(C)(C)O1. The van der Waals surface area contributed by atoms with Gasteiger partial charge in [0, 0.05) is 13.1 Å². The van der Waals surface area contributed by atoms with Crippen molar-refractivity contribution in [2.75, 3.05) is 19.6 Å². The van der Waals surface area contributed by atoms with Crippen LogP contribution in [-0.4, -0.2) is 41.5 Å². The highest BCUT2D eigenvalue weighted by Crippen LogP contribution is 2.28. The highest BCUT2D eigenvalue weighted by Gasteiger charge is 2.38. The Morgan fingerprint density at radius 2 is 1.94 bits per heavy atom. The lowest BCUT2D eigenvalue weighted by molar-refractivity contribution is -0.178. The number of nitrogens with zero attached hydrogens (tertiary/aromatic N) is 1. The van der Waals surface area contributed by atoms with E-state index in [-0.39, 0.29) is 17.0 Å². The van der Waals surface area contributed by atoms with Gasteiger partial charge in [0.1, 0.15) is 0 Å². The van der Waals surface area contributed by atoms with Crippen molar-refractivity contribution in [3.05, 3.63) is 22.4 Å². The number of Topliss-reactive ketones (excluding diaryl/α,β-unsaturated/α-hetero) is 1. The fraction of sp³-hybridized carbons (Fsp3) is 0.643. The van der Waals surface area contributed by atoms with Crippen LogP contribution in [0.1, 0.15) is 37.4 Å². The van der Waals surface area contributed by atoms with Crippen molar-refractivity contribution in [3.8, 4) is 0 Å². The lowest BCUT2D eigenvalue weighted by Gasteiger charge is -2.46. The number of carbonyl (C=O) groups excluding carboxylic acids is 1. The van der Waals surface area contributed by atoms with Crippen molar-refractivity contribution in [2.24, 2.45) is 0 Å². The Hall–Kier alpha value is -0.710. The molecule has 2 rings (SSSR count). The largest absolute Gasteiger partial charge is 0.367 e. The molecule has 0 atom stereocenters. The summed E-state index contributed by atoms with van der Waals surface area (Å²) >= 11 is 1.51. The number of hydrogen-bond acceptors (Lipinski definition) is 4. The Balaban J connectivity index is 2.03. The average molecular weight is 267 g/mol. The molecule has 0 bridgehead atoms. The first-order valence-electron chi connectivity index (χ1n) is 6.27. The maximum atomic E-state index is 12.1. The standard InChI is InChI=1S/C14H21NO2S/c1-13(2)9-15(10-14(3,4)17-13)8-11(16)12-6-5-7-18-12/h5-7H,8-10H2,1-4H3. The lowest BCUT2D eigenvalue weighted by Crippen LogP contribution is -2.57. The summed E-state index contributed by atoms with van der Waals surface area (Å²) in [5.74, 6) is 0.207. The van der Waals surface area contributed by atoms with Crippen LogP contribution in [0.3, 0.4) is 0 Å². The van der Waals surface area contributed by atoms with Crippen LogP contribution in [0.5, 0.6) is 0 Å². The molecule has 0 amide bonds. The van der Waals surface area contributed by atoms with Gasteiger partial charge in [0.05, 0.1) is 22.6 Å². The Bertz CT molecular complexity index is 407. The fourth-order valence-electron chi connectivity index (χ4n) is 2.78. The van der Waals surface area contributed by atoms with E-state index in [9.17, 15) is 4.79 Å². The van der Waals surface area contributed by atoms with E-state index in [0.717, 1.165) is 18.0 Å². The van der Waals surface area contributed by atoms with Crippen LogP contribution < -0.4 is 0 Å². The number of ether oxygens (including phenoxy) is 1. The Morgan fingerprint density at radius 1 is 1.33 bits per heavy atom. The predicted molar refractivity (Wildman–Crippen MR) is 74.3 cm³/mol. The van der Waals surface area contributed by atoms with Crippen LogP contribution >= 0.6 is 11.3 Å². The van der Waals surface area contributed by atoms with Crippen molar-refractivity contribution in [3.63, 3.8) is 0 Å². The van der Waals surface area contributed by atoms with Gasteiger partial charge in [0.25, 0.3) is 0 Å². The van der Waals surface area contributed by atoms with Crippen LogP contribution in [0.15, 0.2) is 17.5 Å². The highest BCUT2D eigenvalue weighted by molar-refractivity contribution is 7.12. The van der Waals surface area contributed by atoms with Crippen LogP contribution in [0, 0.1) is 0 Å². The van der Waals surface area contributed by atoms with Gasteiger partial charge in [-0.25, -0.2) is 0 Å². The number of hydrogen-bond donors (Lipinski definition) is 0. The van der Waals surface area contributed by atoms with Crippen LogP contribution in [0.2, 0.25) is 0 Å². The summed E-state index contributed by atoms with van der Waals surface area (Å²) in [4.78, 5) is 15.2.